The molecule has 0 aliphatic heterocycles. The summed E-state index contributed by atoms with van der Waals surface area (Å²) in [6.45, 7) is 4.00. The van der Waals surface area contributed by atoms with Crippen LogP contribution in [0.3, 0.4) is 0 Å². The smallest absolute Gasteiger partial charge is 0.312 e. The molecule has 4 nitrogen and oxygen atoms in total. The van der Waals surface area contributed by atoms with Crippen LogP contribution >= 0.6 is 0 Å². The van der Waals surface area contributed by atoms with Gasteiger partial charge < -0.3 is 9.47 Å². The molecule has 0 fully saturated rings. The molecule has 0 aromatic rings. The normalized spacial score (nSPS) is 22.8. The topological polar surface area (TPSA) is 52.6 Å². The van der Waals surface area contributed by atoms with Gasteiger partial charge >= 0.3 is 11.9 Å². The third kappa shape index (κ3) is 4.04. The molecule has 0 aromatic carbocycles. The lowest BCUT2D eigenvalue weighted by molar-refractivity contribution is -0.147. The van der Waals surface area contributed by atoms with Gasteiger partial charge in [-0.3, -0.25) is 9.59 Å². The van der Waals surface area contributed by atoms with Gasteiger partial charge in [-0.15, -0.1) is 0 Å². The first kappa shape index (κ1) is 14.7. The molecular weight excluding hydrogens is 208 g/mol. The highest BCUT2D eigenvalue weighted by Crippen LogP contribution is 2.23. The van der Waals surface area contributed by atoms with Crippen LogP contribution in [0.4, 0.5) is 0 Å². The van der Waals surface area contributed by atoms with Crippen molar-refractivity contribution in [3.05, 3.63) is 12.2 Å². The Bertz CT molecular complexity index is 232. The number of rotatable bonds is 2. The van der Waals surface area contributed by atoms with E-state index in [9.17, 15) is 9.59 Å². The van der Waals surface area contributed by atoms with Crippen LogP contribution < -0.4 is 0 Å². The van der Waals surface area contributed by atoms with Gasteiger partial charge in [-0.25, -0.2) is 0 Å². The molecule has 0 radical (unpaired) electrons. The highest BCUT2D eigenvalue weighted by Gasteiger charge is 2.26. The van der Waals surface area contributed by atoms with E-state index in [4.69, 9.17) is 0 Å². The Labute approximate surface area is 96.6 Å². The summed E-state index contributed by atoms with van der Waals surface area (Å²) in [6.07, 6.45) is 4.72. The van der Waals surface area contributed by atoms with Crippen molar-refractivity contribution >= 4 is 11.9 Å². The molecular formula is C12H20O4. The van der Waals surface area contributed by atoms with Crippen molar-refractivity contribution in [2.45, 2.75) is 26.7 Å². The number of hydrogen-bond donors (Lipinski definition) is 0. The molecule has 2 unspecified atom stereocenters. The van der Waals surface area contributed by atoms with Crippen LogP contribution in [0.1, 0.15) is 26.7 Å². The van der Waals surface area contributed by atoms with Crippen LogP contribution in [0.2, 0.25) is 0 Å². The Kier molecular flexibility index (Phi) is 7.25. The number of ether oxygens (including phenoxy) is 2. The molecule has 0 aromatic heterocycles. The fourth-order valence-corrected chi connectivity index (χ4v) is 1.52. The first-order valence-corrected chi connectivity index (χ1v) is 5.53. The Morgan fingerprint density at radius 3 is 1.44 bits per heavy atom. The van der Waals surface area contributed by atoms with Gasteiger partial charge in [-0.1, -0.05) is 26.0 Å². The first-order valence-electron chi connectivity index (χ1n) is 5.53. The van der Waals surface area contributed by atoms with Gasteiger partial charge in [0.15, 0.2) is 0 Å². The number of carbonyl (C=O) groups is 2. The lowest BCUT2D eigenvalue weighted by Gasteiger charge is -2.19. The monoisotopic (exact) mass is 228 g/mol. The first-order chi connectivity index (χ1) is 7.69. The van der Waals surface area contributed by atoms with Gasteiger partial charge in [0.05, 0.1) is 26.1 Å². The van der Waals surface area contributed by atoms with Crippen molar-refractivity contribution in [3.8, 4) is 0 Å². The summed E-state index contributed by atoms with van der Waals surface area (Å²) < 4.78 is 9.21. The predicted molar refractivity (Wildman–Crippen MR) is 60.7 cm³/mol. The minimum atomic E-state index is -0.246. The Morgan fingerprint density at radius 1 is 0.938 bits per heavy atom. The maximum absolute atomic E-state index is 11.1. The van der Waals surface area contributed by atoms with Crippen molar-refractivity contribution in [1.82, 2.24) is 0 Å². The average Bonchev–Trinajstić information content (AvgIpc) is 2.39. The minimum absolute atomic E-state index is 0.207. The molecule has 0 amide bonds. The predicted octanol–water partition coefficient (Wildman–Crippen LogP) is 1.94. The van der Waals surface area contributed by atoms with E-state index in [1.165, 1.54) is 14.2 Å². The SMILES string of the molecule is CC.COC(=O)C1C=CC(C(=O)OC)CC1. The van der Waals surface area contributed by atoms with Crippen molar-refractivity contribution in [1.29, 1.82) is 0 Å². The molecule has 2 atom stereocenters. The van der Waals surface area contributed by atoms with Gasteiger partial charge in [-0.05, 0) is 12.8 Å². The summed E-state index contributed by atoms with van der Waals surface area (Å²) in [4.78, 5) is 22.2. The molecule has 0 N–H and O–H groups in total. The Hall–Kier alpha value is -1.32. The molecule has 1 aliphatic carbocycles. The van der Waals surface area contributed by atoms with E-state index < -0.39 is 0 Å². The van der Waals surface area contributed by atoms with E-state index in [-0.39, 0.29) is 23.8 Å². The largest absolute Gasteiger partial charge is 0.469 e. The second-order valence-electron chi connectivity index (χ2n) is 3.22. The van der Waals surface area contributed by atoms with Crippen LogP contribution in [-0.4, -0.2) is 26.2 Å². The lowest BCUT2D eigenvalue weighted by Crippen LogP contribution is -2.23. The van der Waals surface area contributed by atoms with E-state index in [0.29, 0.717) is 12.8 Å². The highest BCUT2D eigenvalue weighted by molar-refractivity contribution is 5.77. The van der Waals surface area contributed by atoms with Crippen LogP contribution in [-0.2, 0) is 19.1 Å². The van der Waals surface area contributed by atoms with E-state index in [0.717, 1.165) is 0 Å². The maximum Gasteiger partial charge on any atom is 0.312 e. The zero-order valence-electron chi connectivity index (χ0n) is 10.4. The lowest BCUT2D eigenvalue weighted by atomic mass is 9.89. The number of methoxy groups -OCH3 is 2. The van der Waals surface area contributed by atoms with Gasteiger partial charge in [0.2, 0.25) is 0 Å². The molecule has 0 bridgehead atoms. The molecule has 4 heteroatoms. The highest BCUT2D eigenvalue weighted by atomic mass is 16.5. The summed E-state index contributed by atoms with van der Waals surface area (Å²) in [5.74, 6) is -0.907. The Balaban J connectivity index is 0.00000106. The second-order valence-corrected chi connectivity index (χ2v) is 3.22. The zero-order valence-corrected chi connectivity index (χ0v) is 10.4. The maximum atomic E-state index is 11.1. The van der Waals surface area contributed by atoms with Crippen LogP contribution in [0, 0.1) is 11.8 Å². The number of carbonyl (C=O) groups excluding carboxylic acids is 2. The molecule has 0 heterocycles. The minimum Gasteiger partial charge on any atom is -0.469 e. The van der Waals surface area contributed by atoms with E-state index >= 15 is 0 Å². The summed E-state index contributed by atoms with van der Waals surface area (Å²) in [5, 5.41) is 0. The zero-order chi connectivity index (χ0) is 12.6. The third-order valence-corrected chi connectivity index (χ3v) is 2.37. The summed E-state index contributed by atoms with van der Waals surface area (Å²) in [7, 11) is 2.73. The molecule has 0 saturated carbocycles. The van der Waals surface area contributed by atoms with Crippen molar-refractivity contribution in [2.24, 2.45) is 11.8 Å². The molecule has 1 aliphatic rings. The quantitative estimate of drug-likeness (QED) is 0.535. The van der Waals surface area contributed by atoms with Crippen molar-refractivity contribution < 1.29 is 19.1 Å². The average molecular weight is 228 g/mol. The Morgan fingerprint density at radius 2 is 1.25 bits per heavy atom. The molecule has 16 heavy (non-hydrogen) atoms. The van der Waals surface area contributed by atoms with Crippen molar-refractivity contribution in [3.63, 3.8) is 0 Å². The summed E-state index contributed by atoms with van der Waals surface area (Å²) in [6, 6.07) is 0. The van der Waals surface area contributed by atoms with Gasteiger partial charge in [0.25, 0.3) is 0 Å². The van der Waals surface area contributed by atoms with Crippen LogP contribution in [0.15, 0.2) is 12.2 Å². The van der Waals surface area contributed by atoms with Crippen LogP contribution in [0.25, 0.3) is 0 Å². The standard InChI is InChI=1S/C10H14O4.C2H6/c1-13-9(11)7-3-5-8(6-4-7)10(12)14-2;1-2/h3,5,7-8H,4,6H2,1-2H3;1-2H3. The van der Waals surface area contributed by atoms with E-state index in [2.05, 4.69) is 9.47 Å². The van der Waals surface area contributed by atoms with Crippen molar-refractivity contribution in [2.75, 3.05) is 14.2 Å². The second kappa shape index (κ2) is 7.91. The fraction of sp³-hybridized carbons (Fsp3) is 0.667. The van der Waals surface area contributed by atoms with Gasteiger partial charge in [0.1, 0.15) is 0 Å². The van der Waals surface area contributed by atoms with E-state index in [1.807, 2.05) is 13.8 Å². The third-order valence-electron chi connectivity index (χ3n) is 2.37. The summed E-state index contributed by atoms with van der Waals surface area (Å²) in [5.41, 5.74) is 0. The molecule has 0 saturated heterocycles. The summed E-state index contributed by atoms with van der Waals surface area (Å²) >= 11 is 0. The van der Waals surface area contributed by atoms with Crippen LogP contribution in [0.5, 0.6) is 0 Å². The molecule has 1 rings (SSSR count). The number of esters is 2. The fourth-order valence-electron chi connectivity index (χ4n) is 1.52. The van der Waals surface area contributed by atoms with Gasteiger partial charge in [0, 0.05) is 0 Å². The number of hydrogen-bond acceptors (Lipinski definition) is 4. The van der Waals surface area contributed by atoms with Gasteiger partial charge in [-0.2, -0.15) is 0 Å². The molecule has 92 valence electrons. The molecule has 0 spiro atoms. The van der Waals surface area contributed by atoms with E-state index in [1.54, 1.807) is 12.2 Å².